The molecule has 0 saturated carbocycles. The van der Waals surface area contributed by atoms with Gasteiger partial charge in [-0.3, -0.25) is 4.79 Å². The summed E-state index contributed by atoms with van der Waals surface area (Å²) in [6.45, 7) is 4.64. The Morgan fingerprint density at radius 1 is 1.25 bits per heavy atom. The van der Waals surface area contributed by atoms with Crippen LogP contribution in [0.1, 0.15) is 65.6 Å². The predicted octanol–water partition coefficient (Wildman–Crippen LogP) is 4.80. The molecule has 3 heteroatoms. The molecule has 3 rings (SSSR count). The summed E-state index contributed by atoms with van der Waals surface area (Å²) in [5.74, 6) is -0.00937. The predicted molar refractivity (Wildman–Crippen MR) is 94.9 cm³/mol. The first-order chi connectivity index (χ1) is 11.6. The molecule has 0 saturated heterocycles. The highest BCUT2D eigenvalue weighted by Crippen LogP contribution is 2.34. The van der Waals surface area contributed by atoms with Gasteiger partial charge in [-0.25, -0.2) is 4.39 Å². The largest absolute Gasteiger partial charge is 0.352 e. The van der Waals surface area contributed by atoms with Crippen molar-refractivity contribution >= 4 is 5.91 Å². The third kappa shape index (κ3) is 3.50. The summed E-state index contributed by atoms with van der Waals surface area (Å²) >= 11 is 0. The maximum Gasteiger partial charge on any atom is 0.254 e. The van der Waals surface area contributed by atoms with Crippen molar-refractivity contribution < 1.29 is 9.18 Å². The number of carbonyl (C=O) groups excluding carboxylic acids is 1. The van der Waals surface area contributed by atoms with Crippen molar-refractivity contribution in [3.63, 3.8) is 0 Å². The summed E-state index contributed by atoms with van der Waals surface area (Å²) in [6.07, 6.45) is 3.14. The van der Waals surface area contributed by atoms with Gasteiger partial charge in [-0.05, 0) is 59.9 Å². The van der Waals surface area contributed by atoms with Crippen LogP contribution in [-0.4, -0.2) is 12.5 Å². The molecule has 2 nitrogen and oxygen atoms in total. The fourth-order valence-corrected chi connectivity index (χ4v) is 3.48. The Hall–Kier alpha value is -2.16. The zero-order valence-corrected chi connectivity index (χ0v) is 14.3. The van der Waals surface area contributed by atoms with Gasteiger partial charge < -0.3 is 5.32 Å². The first kappa shape index (κ1) is 16.7. The zero-order chi connectivity index (χ0) is 17.1. The van der Waals surface area contributed by atoms with E-state index >= 15 is 0 Å². The molecule has 1 aliphatic carbocycles. The number of amides is 1. The number of aryl methyl sites for hydroxylation is 1. The van der Waals surface area contributed by atoms with E-state index in [1.807, 2.05) is 13.8 Å². The first-order valence-electron chi connectivity index (χ1n) is 8.71. The average molecular weight is 325 g/mol. The Morgan fingerprint density at radius 3 is 2.83 bits per heavy atom. The van der Waals surface area contributed by atoms with E-state index in [4.69, 9.17) is 0 Å². The third-order valence-corrected chi connectivity index (χ3v) is 4.94. The van der Waals surface area contributed by atoms with E-state index in [-0.39, 0.29) is 17.4 Å². The molecule has 126 valence electrons. The average Bonchev–Trinajstić information content (AvgIpc) is 2.98. The molecule has 1 unspecified atom stereocenters. The number of hydrogen-bond acceptors (Lipinski definition) is 1. The lowest BCUT2D eigenvalue weighted by Crippen LogP contribution is -2.26. The summed E-state index contributed by atoms with van der Waals surface area (Å²) in [6, 6.07) is 13.3. The maximum absolute atomic E-state index is 13.9. The SMILES string of the molecule is CC(C)c1ccc(F)c(C(=O)NCCC2CCc3ccccc32)c1. The maximum atomic E-state index is 13.9. The van der Waals surface area contributed by atoms with Gasteiger partial charge in [-0.2, -0.15) is 0 Å². The Labute approximate surface area is 143 Å². The van der Waals surface area contributed by atoms with Crippen LogP contribution in [0, 0.1) is 5.82 Å². The minimum atomic E-state index is -0.455. The van der Waals surface area contributed by atoms with Gasteiger partial charge >= 0.3 is 0 Å². The molecule has 2 aromatic rings. The van der Waals surface area contributed by atoms with Crippen LogP contribution in [-0.2, 0) is 6.42 Å². The molecule has 2 aromatic carbocycles. The number of fused-ring (bicyclic) bond motifs is 1. The van der Waals surface area contributed by atoms with Gasteiger partial charge in [0, 0.05) is 6.54 Å². The van der Waals surface area contributed by atoms with Gasteiger partial charge in [-0.1, -0.05) is 44.2 Å². The minimum absolute atomic E-state index is 0.146. The zero-order valence-electron chi connectivity index (χ0n) is 14.3. The number of halogens is 1. The molecule has 1 N–H and O–H groups in total. The lowest BCUT2D eigenvalue weighted by atomic mass is 9.97. The summed E-state index contributed by atoms with van der Waals surface area (Å²) < 4.78 is 13.9. The number of rotatable bonds is 5. The van der Waals surface area contributed by atoms with Crippen LogP contribution in [0.15, 0.2) is 42.5 Å². The van der Waals surface area contributed by atoms with E-state index in [0.29, 0.717) is 12.5 Å². The van der Waals surface area contributed by atoms with E-state index < -0.39 is 5.82 Å². The Bertz CT molecular complexity index is 738. The molecule has 0 heterocycles. The van der Waals surface area contributed by atoms with Crippen molar-refractivity contribution in [3.05, 3.63) is 70.5 Å². The van der Waals surface area contributed by atoms with Crippen molar-refractivity contribution in [2.45, 2.75) is 44.9 Å². The lowest BCUT2D eigenvalue weighted by Gasteiger charge is -2.13. The van der Waals surface area contributed by atoms with E-state index in [2.05, 4.69) is 29.6 Å². The molecule has 1 aliphatic rings. The van der Waals surface area contributed by atoms with Crippen LogP contribution >= 0.6 is 0 Å². The van der Waals surface area contributed by atoms with Crippen molar-refractivity contribution in [3.8, 4) is 0 Å². The van der Waals surface area contributed by atoms with Crippen LogP contribution in [0.3, 0.4) is 0 Å². The summed E-state index contributed by atoms with van der Waals surface area (Å²) in [5.41, 5.74) is 3.95. The van der Waals surface area contributed by atoms with Crippen molar-refractivity contribution in [2.75, 3.05) is 6.54 Å². The second-order valence-corrected chi connectivity index (χ2v) is 6.87. The molecule has 0 bridgehead atoms. The molecular formula is C21H24FNO. The number of carbonyl (C=O) groups is 1. The highest BCUT2D eigenvalue weighted by atomic mass is 19.1. The van der Waals surface area contributed by atoms with Gasteiger partial charge in [0.1, 0.15) is 5.82 Å². The number of hydrogen-bond donors (Lipinski definition) is 1. The standard InChI is InChI=1S/C21H24FNO/c1-14(2)17-9-10-20(22)19(13-17)21(24)23-12-11-16-8-7-15-5-3-4-6-18(15)16/h3-6,9-10,13-14,16H,7-8,11-12H2,1-2H3,(H,23,24). The molecule has 1 amide bonds. The molecule has 0 radical (unpaired) electrons. The first-order valence-corrected chi connectivity index (χ1v) is 8.71. The van der Waals surface area contributed by atoms with E-state index in [1.54, 1.807) is 12.1 Å². The van der Waals surface area contributed by atoms with Crippen LogP contribution < -0.4 is 5.32 Å². The van der Waals surface area contributed by atoms with Gasteiger partial charge in [0.2, 0.25) is 0 Å². The van der Waals surface area contributed by atoms with Crippen molar-refractivity contribution in [1.29, 1.82) is 0 Å². The van der Waals surface area contributed by atoms with Crippen molar-refractivity contribution in [2.24, 2.45) is 0 Å². The van der Waals surface area contributed by atoms with Gasteiger partial charge in [-0.15, -0.1) is 0 Å². The number of nitrogens with one attached hydrogen (secondary N) is 1. The molecule has 0 spiro atoms. The molecule has 0 aliphatic heterocycles. The molecule has 0 fully saturated rings. The summed E-state index contributed by atoms with van der Waals surface area (Å²) in [4.78, 5) is 12.3. The highest BCUT2D eigenvalue weighted by Gasteiger charge is 2.22. The second kappa shape index (κ2) is 7.16. The highest BCUT2D eigenvalue weighted by molar-refractivity contribution is 5.94. The summed E-state index contributed by atoms with van der Waals surface area (Å²) in [5, 5.41) is 2.88. The van der Waals surface area contributed by atoms with Crippen LogP contribution in [0.25, 0.3) is 0 Å². The Balaban J connectivity index is 1.60. The fourth-order valence-electron chi connectivity index (χ4n) is 3.48. The Kier molecular flexibility index (Phi) is 4.98. The topological polar surface area (TPSA) is 29.1 Å². The van der Waals surface area contributed by atoms with Gasteiger partial charge in [0.15, 0.2) is 0 Å². The van der Waals surface area contributed by atoms with Crippen LogP contribution in [0.5, 0.6) is 0 Å². The molecule has 24 heavy (non-hydrogen) atoms. The Morgan fingerprint density at radius 2 is 2.04 bits per heavy atom. The quantitative estimate of drug-likeness (QED) is 0.840. The van der Waals surface area contributed by atoms with Crippen LogP contribution in [0.2, 0.25) is 0 Å². The van der Waals surface area contributed by atoms with Crippen molar-refractivity contribution in [1.82, 2.24) is 5.32 Å². The lowest BCUT2D eigenvalue weighted by molar-refractivity contribution is 0.0948. The smallest absolute Gasteiger partial charge is 0.254 e. The molecule has 1 atom stereocenters. The minimum Gasteiger partial charge on any atom is -0.352 e. The molecule has 0 aromatic heterocycles. The second-order valence-electron chi connectivity index (χ2n) is 6.87. The third-order valence-electron chi connectivity index (χ3n) is 4.94. The van der Waals surface area contributed by atoms with E-state index in [1.165, 1.54) is 17.2 Å². The number of benzene rings is 2. The van der Waals surface area contributed by atoms with E-state index in [9.17, 15) is 9.18 Å². The van der Waals surface area contributed by atoms with Crippen LogP contribution in [0.4, 0.5) is 4.39 Å². The van der Waals surface area contributed by atoms with E-state index in [0.717, 1.165) is 24.8 Å². The summed E-state index contributed by atoms with van der Waals surface area (Å²) in [7, 11) is 0. The van der Waals surface area contributed by atoms with Gasteiger partial charge in [0.05, 0.1) is 5.56 Å². The van der Waals surface area contributed by atoms with Gasteiger partial charge in [0.25, 0.3) is 5.91 Å². The normalized spacial score (nSPS) is 16.2. The molecular weight excluding hydrogens is 301 g/mol. The monoisotopic (exact) mass is 325 g/mol. The fraction of sp³-hybridized carbons (Fsp3) is 0.381.